The van der Waals surface area contributed by atoms with Gasteiger partial charge in [-0.15, -0.1) is 0 Å². The molecule has 6 rings (SSSR count). The van der Waals surface area contributed by atoms with Crippen LogP contribution < -0.4 is 0 Å². The van der Waals surface area contributed by atoms with E-state index in [1.54, 1.807) is 0 Å². The molecule has 0 spiro atoms. The lowest BCUT2D eigenvalue weighted by molar-refractivity contribution is 0.620. The molecule has 0 N–H and O–H groups in total. The van der Waals surface area contributed by atoms with Gasteiger partial charge in [0.15, 0.2) is 5.58 Å². The third kappa shape index (κ3) is 4.18. The van der Waals surface area contributed by atoms with Gasteiger partial charge in [-0.2, -0.15) is 0 Å². The Balaban J connectivity index is 1.53. The van der Waals surface area contributed by atoms with Crippen LogP contribution in [0.1, 0.15) is 11.1 Å². The van der Waals surface area contributed by atoms with Gasteiger partial charge in [-0.25, -0.2) is 4.98 Å². The summed E-state index contributed by atoms with van der Waals surface area (Å²) in [5.41, 5.74) is 9.33. The summed E-state index contributed by atoms with van der Waals surface area (Å²) in [4.78, 5) is 5.01. The van der Waals surface area contributed by atoms with E-state index in [-0.39, 0.29) is 0 Å². The van der Waals surface area contributed by atoms with Crippen molar-refractivity contribution in [3.63, 3.8) is 0 Å². The van der Waals surface area contributed by atoms with Crippen LogP contribution in [0.15, 0.2) is 132 Å². The van der Waals surface area contributed by atoms with Crippen molar-refractivity contribution in [2.24, 2.45) is 0 Å². The molecule has 6 aromatic rings. The molecule has 0 bridgehead atoms. The van der Waals surface area contributed by atoms with Gasteiger partial charge in [0.2, 0.25) is 5.89 Å². The van der Waals surface area contributed by atoms with E-state index in [4.69, 9.17) is 9.40 Å². The van der Waals surface area contributed by atoms with Crippen LogP contribution in [0.2, 0.25) is 0 Å². The van der Waals surface area contributed by atoms with Crippen molar-refractivity contribution in [2.45, 2.75) is 0 Å². The highest BCUT2D eigenvalue weighted by Crippen LogP contribution is 2.38. The summed E-state index contributed by atoms with van der Waals surface area (Å²) in [6.07, 6.45) is 4.31. The molecule has 0 unspecified atom stereocenters. The molecule has 0 aliphatic heterocycles. The number of fused-ring (bicyclic) bond motifs is 1. The van der Waals surface area contributed by atoms with Gasteiger partial charge < -0.3 is 4.42 Å². The van der Waals surface area contributed by atoms with E-state index in [1.807, 2.05) is 42.5 Å². The molecule has 1 heterocycles. The van der Waals surface area contributed by atoms with E-state index in [0.29, 0.717) is 5.89 Å². The third-order valence-corrected chi connectivity index (χ3v) is 6.15. The number of para-hydroxylation sites is 1. The van der Waals surface area contributed by atoms with Gasteiger partial charge in [-0.05, 0) is 34.4 Å². The maximum absolute atomic E-state index is 6.36. The van der Waals surface area contributed by atoms with Crippen molar-refractivity contribution < 1.29 is 4.42 Å². The second-order valence-corrected chi connectivity index (χ2v) is 8.42. The average Bonchev–Trinajstić information content (AvgIpc) is 3.38. The Morgan fingerprint density at radius 1 is 0.514 bits per heavy atom. The summed E-state index contributed by atoms with van der Waals surface area (Å²) in [5, 5.41) is 0. The van der Waals surface area contributed by atoms with Crippen molar-refractivity contribution in [1.82, 2.24) is 4.98 Å². The van der Waals surface area contributed by atoms with Gasteiger partial charge in [-0.1, -0.05) is 127 Å². The molecular formula is C33H23NO. The van der Waals surface area contributed by atoms with Crippen molar-refractivity contribution in [1.29, 1.82) is 0 Å². The predicted molar refractivity (Wildman–Crippen MR) is 146 cm³/mol. The molecule has 0 atom stereocenters. The number of hydrogen-bond acceptors (Lipinski definition) is 2. The molecule has 0 amide bonds. The van der Waals surface area contributed by atoms with Gasteiger partial charge in [0.05, 0.1) is 0 Å². The number of hydrogen-bond donors (Lipinski definition) is 0. The van der Waals surface area contributed by atoms with Crippen LogP contribution in [0.4, 0.5) is 0 Å². The standard InChI is InChI=1S/C33H23NO/c1-4-12-24(13-5-1)22-23-27-18-10-20-29(31(27)26-16-8-3-9-17-26)33-34-32-28(19-11-21-30(32)35-33)25-14-6-2-7-15-25/h1-23H. The minimum Gasteiger partial charge on any atom is -0.436 e. The Bertz CT molecular complexity index is 1610. The van der Waals surface area contributed by atoms with Gasteiger partial charge >= 0.3 is 0 Å². The SMILES string of the molecule is C(=Cc1cccc(-c2nc3c(-c4ccccc4)cccc3o2)c1-c1ccccc1)c1ccccc1. The molecular weight excluding hydrogens is 426 g/mol. The summed E-state index contributed by atoms with van der Waals surface area (Å²) < 4.78 is 6.36. The first-order valence-electron chi connectivity index (χ1n) is 11.7. The number of rotatable bonds is 5. The van der Waals surface area contributed by atoms with E-state index < -0.39 is 0 Å². The molecule has 166 valence electrons. The van der Waals surface area contributed by atoms with E-state index >= 15 is 0 Å². The average molecular weight is 450 g/mol. The maximum Gasteiger partial charge on any atom is 0.227 e. The molecule has 0 saturated carbocycles. The summed E-state index contributed by atoms with van der Waals surface area (Å²) in [7, 11) is 0. The van der Waals surface area contributed by atoms with Crippen molar-refractivity contribution >= 4 is 23.3 Å². The Labute approximate surface area is 204 Å². The predicted octanol–water partition coefficient (Wildman–Crippen LogP) is 9.00. The topological polar surface area (TPSA) is 26.0 Å². The molecule has 2 heteroatoms. The van der Waals surface area contributed by atoms with Crippen molar-refractivity contribution in [3.05, 3.63) is 139 Å². The van der Waals surface area contributed by atoms with Gasteiger partial charge in [0, 0.05) is 16.7 Å². The first-order valence-corrected chi connectivity index (χ1v) is 11.7. The van der Waals surface area contributed by atoms with E-state index in [2.05, 4.69) is 97.1 Å². The minimum atomic E-state index is 0.622. The van der Waals surface area contributed by atoms with Crippen LogP contribution in [0, 0.1) is 0 Å². The van der Waals surface area contributed by atoms with Gasteiger partial charge in [0.1, 0.15) is 5.52 Å². The Kier molecular flexibility index (Phi) is 5.54. The van der Waals surface area contributed by atoms with Crippen molar-refractivity contribution in [3.8, 4) is 33.7 Å². The van der Waals surface area contributed by atoms with Crippen LogP contribution in [0.5, 0.6) is 0 Å². The lowest BCUT2D eigenvalue weighted by Gasteiger charge is -2.11. The molecule has 0 aliphatic rings. The van der Waals surface area contributed by atoms with E-state index in [9.17, 15) is 0 Å². The first kappa shape index (κ1) is 20.9. The minimum absolute atomic E-state index is 0.622. The normalized spacial score (nSPS) is 11.3. The number of benzene rings is 5. The lowest BCUT2D eigenvalue weighted by Crippen LogP contribution is -1.89. The Morgan fingerprint density at radius 2 is 1.14 bits per heavy atom. The molecule has 0 saturated heterocycles. The maximum atomic E-state index is 6.36. The fourth-order valence-electron chi connectivity index (χ4n) is 4.48. The summed E-state index contributed by atoms with van der Waals surface area (Å²) >= 11 is 0. The number of aromatic nitrogens is 1. The summed E-state index contributed by atoms with van der Waals surface area (Å²) in [5.74, 6) is 0.622. The van der Waals surface area contributed by atoms with E-state index in [1.165, 1.54) is 0 Å². The smallest absolute Gasteiger partial charge is 0.227 e. The zero-order valence-corrected chi connectivity index (χ0v) is 19.1. The van der Waals surface area contributed by atoms with Crippen LogP contribution in [-0.2, 0) is 0 Å². The quantitative estimate of drug-likeness (QED) is 0.245. The monoisotopic (exact) mass is 449 g/mol. The largest absolute Gasteiger partial charge is 0.436 e. The van der Waals surface area contributed by atoms with Gasteiger partial charge in [0.25, 0.3) is 0 Å². The highest BCUT2D eigenvalue weighted by atomic mass is 16.3. The van der Waals surface area contributed by atoms with Crippen LogP contribution in [0.25, 0.3) is 57.0 Å². The Morgan fingerprint density at radius 3 is 1.89 bits per heavy atom. The molecule has 0 aliphatic carbocycles. The van der Waals surface area contributed by atoms with Crippen LogP contribution >= 0.6 is 0 Å². The lowest BCUT2D eigenvalue weighted by atomic mass is 9.93. The second-order valence-electron chi connectivity index (χ2n) is 8.42. The molecule has 1 aromatic heterocycles. The van der Waals surface area contributed by atoms with E-state index in [0.717, 1.165) is 50.0 Å². The molecule has 35 heavy (non-hydrogen) atoms. The van der Waals surface area contributed by atoms with Crippen LogP contribution in [-0.4, -0.2) is 4.98 Å². The molecule has 0 radical (unpaired) electrons. The number of nitrogens with zero attached hydrogens (tertiary/aromatic N) is 1. The Hall–Kier alpha value is -4.69. The summed E-state index contributed by atoms with van der Waals surface area (Å²) in [6.45, 7) is 0. The third-order valence-electron chi connectivity index (χ3n) is 6.15. The molecule has 5 aromatic carbocycles. The first-order chi connectivity index (χ1) is 17.4. The fraction of sp³-hybridized carbons (Fsp3) is 0. The highest BCUT2D eigenvalue weighted by molar-refractivity contribution is 5.95. The zero-order chi connectivity index (χ0) is 23.5. The van der Waals surface area contributed by atoms with Crippen LogP contribution in [0.3, 0.4) is 0 Å². The van der Waals surface area contributed by atoms with Crippen molar-refractivity contribution in [2.75, 3.05) is 0 Å². The fourth-order valence-corrected chi connectivity index (χ4v) is 4.48. The highest BCUT2D eigenvalue weighted by Gasteiger charge is 2.18. The molecule has 2 nitrogen and oxygen atoms in total. The number of oxazole rings is 1. The van der Waals surface area contributed by atoms with Gasteiger partial charge in [-0.3, -0.25) is 0 Å². The second kappa shape index (κ2) is 9.28. The molecule has 0 fully saturated rings. The summed E-state index contributed by atoms with van der Waals surface area (Å²) in [6, 6.07) is 43.5. The zero-order valence-electron chi connectivity index (χ0n) is 19.1.